The molecular weight excluding hydrogens is 134 g/mol. The third-order valence-corrected chi connectivity index (χ3v) is 2.72. The summed E-state index contributed by atoms with van der Waals surface area (Å²) in [5.74, 6) is 5.95. The normalized spacial score (nSPS) is 19.8. The Bertz CT molecular complexity index is 164. The van der Waals surface area contributed by atoms with Crippen LogP contribution >= 0.6 is 0 Å². The summed E-state index contributed by atoms with van der Waals surface area (Å²) in [7, 11) is 0. The van der Waals surface area contributed by atoms with E-state index in [2.05, 4.69) is 24.1 Å². The Morgan fingerprint density at radius 1 is 1.45 bits per heavy atom. The molecule has 0 aromatic rings. The molecule has 1 heteroatoms. The quantitative estimate of drug-likeness (QED) is 0.608. The van der Waals surface area contributed by atoms with E-state index >= 15 is 0 Å². The summed E-state index contributed by atoms with van der Waals surface area (Å²) in [6, 6.07) is 0. The molecule has 0 bridgehead atoms. The Labute approximate surface area is 69.6 Å². The molecule has 1 aliphatic carbocycles. The lowest BCUT2D eigenvalue weighted by Crippen LogP contribution is -2.50. The monoisotopic (exact) mass is 151 g/mol. The maximum atomic E-state index is 3.51. The van der Waals surface area contributed by atoms with Crippen LogP contribution in [0.25, 0.3) is 0 Å². The average molecular weight is 151 g/mol. The van der Waals surface area contributed by atoms with Crippen molar-refractivity contribution in [3.8, 4) is 11.8 Å². The van der Waals surface area contributed by atoms with Gasteiger partial charge in [0.1, 0.15) is 0 Å². The van der Waals surface area contributed by atoms with E-state index in [4.69, 9.17) is 0 Å². The second kappa shape index (κ2) is 3.78. The van der Waals surface area contributed by atoms with Crippen molar-refractivity contribution in [2.45, 2.75) is 45.1 Å². The molecule has 0 radical (unpaired) electrons. The van der Waals surface area contributed by atoms with Gasteiger partial charge in [-0.25, -0.2) is 0 Å². The molecule has 1 fully saturated rings. The highest BCUT2D eigenvalue weighted by atomic mass is 15.0. The molecule has 1 rings (SSSR count). The van der Waals surface area contributed by atoms with E-state index in [-0.39, 0.29) is 0 Å². The predicted octanol–water partition coefficient (Wildman–Crippen LogP) is 1.93. The summed E-state index contributed by atoms with van der Waals surface area (Å²) in [5, 5.41) is 3.51. The molecule has 0 amide bonds. The highest BCUT2D eigenvalue weighted by Gasteiger charge is 2.33. The third kappa shape index (κ3) is 1.97. The van der Waals surface area contributed by atoms with Crippen molar-refractivity contribution in [3.05, 3.63) is 0 Å². The van der Waals surface area contributed by atoms with Crippen LogP contribution in [0.1, 0.15) is 39.5 Å². The molecule has 0 unspecified atom stereocenters. The van der Waals surface area contributed by atoms with Crippen LogP contribution in [-0.4, -0.2) is 12.1 Å². The van der Waals surface area contributed by atoms with Crippen molar-refractivity contribution in [1.29, 1.82) is 0 Å². The second-order valence-electron chi connectivity index (χ2n) is 3.27. The van der Waals surface area contributed by atoms with Gasteiger partial charge in [-0.15, -0.1) is 5.92 Å². The van der Waals surface area contributed by atoms with E-state index in [1.165, 1.54) is 25.7 Å². The van der Waals surface area contributed by atoms with E-state index < -0.39 is 0 Å². The van der Waals surface area contributed by atoms with Crippen molar-refractivity contribution in [3.63, 3.8) is 0 Å². The molecule has 62 valence electrons. The molecule has 1 aliphatic rings. The molecule has 0 saturated heterocycles. The van der Waals surface area contributed by atoms with Crippen molar-refractivity contribution in [1.82, 2.24) is 5.32 Å². The Balaban J connectivity index is 2.25. The molecule has 0 atom stereocenters. The van der Waals surface area contributed by atoms with Gasteiger partial charge >= 0.3 is 0 Å². The highest BCUT2D eigenvalue weighted by molar-refractivity contribution is 5.02. The fraction of sp³-hybridized carbons (Fsp3) is 0.800. The molecular formula is C10H17N. The zero-order valence-corrected chi connectivity index (χ0v) is 7.54. The molecule has 0 aromatic carbocycles. The summed E-state index contributed by atoms with van der Waals surface area (Å²) < 4.78 is 0. The van der Waals surface area contributed by atoms with Gasteiger partial charge in [-0.2, -0.15) is 0 Å². The molecule has 0 aliphatic heterocycles. The first kappa shape index (κ1) is 8.62. The SMILES string of the molecule is CC#CCNC1(CC)CCC1. The lowest BCUT2D eigenvalue weighted by atomic mass is 9.75. The standard InChI is InChI=1S/C10H17N/c1-3-5-9-11-10(4-2)7-6-8-10/h11H,4,6-9H2,1-2H3. The first-order valence-corrected chi connectivity index (χ1v) is 4.47. The zero-order chi connectivity index (χ0) is 8.16. The summed E-state index contributed by atoms with van der Waals surface area (Å²) in [4.78, 5) is 0. The summed E-state index contributed by atoms with van der Waals surface area (Å²) in [6.45, 7) is 5.01. The van der Waals surface area contributed by atoms with Crippen LogP contribution in [0.3, 0.4) is 0 Å². The lowest BCUT2D eigenvalue weighted by molar-refractivity contribution is 0.185. The van der Waals surface area contributed by atoms with Gasteiger partial charge in [-0.05, 0) is 32.6 Å². The second-order valence-corrected chi connectivity index (χ2v) is 3.27. The van der Waals surface area contributed by atoms with Crippen LogP contribution in [0.5, 0.6) is 0 Å². The molecule has 1 N–H and O–H groups in total. The number of rotatable bonds is 3. The van der Waals surface area contributed by atoms with Gasteiger partial charge in [0.2, 0.25) is 0 Å². The van der Waals surface area contributed by atoms with Crippen molar-refractivity contribution >= 4 is 0 Å². The van der Waals surface area contributed by atoms with Gasteiger partial charge < -0.3 is 5.32 Å². The zero-order valence-electron chi connectivity index (χ0n) is 7.54. The number of hydrogen-bond acceptors (Lipinski definition) is 1. The van der Waals surface area contributed by atoms with Gasteiger partial charge in [0.15, 0.2) is 0 Å². The van der Waals surface area contributed by atoms with E-state index in [9.17, 15) is 0 Å². The van der Waals surface area contributed by atoms with Gasteiger partial charge in [-0.1, -0.05) is 12.8 Å². The third-order valence-electron chi connectivity index (χ3n) is 2.72. The van der Waals surface area contributed by atoms with E-state index in [0.717, 1.165) is 6.54 Å². The Kier molecular flexibility index (Phi) is 2.96. The molecule has 1 saturated carbocycles. The highest BCUT2D eigenvalue weighted by Crippen LogP contribution is 2.34. The smallest absolute Gasteiger partial charge is 0.0580 e. The molecule has 1 nitrogen and oxygen atoms in total. The van der Waals surface area contributed by atoms with Gasteiger partial charge in [0.05, 0.1) is 6.54 Å². The van der Waals surface area contributed by atoms with Crippen LogP contribution in [0, 0.1) is 11.8 Å². The van der Waals surface area contributed by atoms with Crippen molar-refractivity contribution < 1.29 is 0 Å². The summed E-state index contributed by atoms with van der Waals surface area (Å²) >= 11 is 0. The fourth-order valence-corrected chi connectivity index (χ4v) is 1.58. The Morgan fingerprint density at radius 3 is 2.55 bits per heavy atom. The number of hydrogen-bond donors (Lipinski definition) is 1. The largest absolute Gasteiger partial charge is 0.301 e. The molecule has 11 heavy (non-hydrogen) atoms. The minimum absolute atomic E-state index is 0.462. The van der Waals surface area contributed by atoms with E-state index in [0.29, 0.717) is 5.54 Å². The van der Waals surface area contributed by atoms with E-state index in [1.807, 2.05) is 6.92 Å². The maximum Gasteiger partial charge on any atom is 0.0580 e. The van der Waals surface area contributed by atoms with Crippen LogP contribution in [-0.2, 0) is 0 Å². The minimum Gasteiger partial charge on any atom is -0.301 e. The fourth-order valence-electron chi connectivity index (χ4n) is 1.58. The number of nitrogens with one attached hydrogen (secondary N) is 1. The Morgan fingerprint density at radius 2 is 2.18 bits per heavy atom. The first-order chi connectivity index (χ1) is 5.33. The van der Waals surface area contributed by atoms with Crippen molar-refractivity contribution in [2.75, 3.05) is 6.54 Å². The average Bonchev–Trinajstić information content (AvgIpc) is 1.95. The van der Waals surface area contributed by atoms with Crippen LogP contribution in [0.4, 0.5) is 0 Å². The van der Waals surface area contributed by atoms with Crippen molar-refractivity contribution in [2.24, 2.45) is 0 Å². The van der Waals surface area contributed by atoms with Crippen LogP contribution in [0.2, 0.25) is 0 Å². The molecule has 0 heterocycles. The van der Waals surface area contributed by atoms with Crippen LogP contribution < -0.4 is 5.32 Å². The Hall–Kier alpha value is -0.480. The van der Waals surface area contributed by atoms with Gasteiger partial charge in [-0.3, -0.25) is 0 Å². The lowest BCUT2D eigenvalue weighted by Gasteiger charge is -2.41. The van der Waals surface area contributed by atoms with E-state index in [1.54, 1.807) is 0 Å². The molecule has 0 spiro atoms. The van der Waals surface area contributed by atoms with Gasteiger partial charge in [0, 0.05) is 5.54 Å². The summed E-state index contributed by atoms with van der Waals surface area (Å²) in [5.41, 5.74) is 0.462. The predicted molar refractivity (Wildman–Crippen MR) is 48.3 cm³/mol. The first-order valence-electron chi connectivity index (χ1n) is 4.47. The topological polar surface area (TPSA) is 12.0 Å². The van der Waals surface area contributed by atoms with Gasteiger partial charge in [0.25, 0.3) is 0 Å². The van der Waals surface area contributed by atoms with Crippen LogP contribution in [0.15, 0.2) is 0 Å². The summed E-state index contributed by atoms with van der Waals surface area (Å²) in [6.07, 6.45) is 5.32. The molecule has 0 aromatic heterocycles. The minimum atomic E-state index is 0.462. The maximum absolute atomic E-state index is 3.51.